The van der Waals surface area contributed by atoms with E-state index < -0.39 is 0 Å². The molecule has 0 fully saturated rings. The molecule has 1 N–H and O–H groups in total. The van der Waals surface area contributed by atoms with E-state index in [2.05, 4.69) is 12.1 Å². The van der Waals surface area contributed by atoms with Gasteiger partial charge in [-0.15, -0.1) is 0 Å². The van der Waals surface area contributed by atoms with Crippen molar-refractivity contribution in [2.45, 2.75) is 13.2 Å². The highest BCUT2D eigenvalue weighted by molar-refractivity contribution is 5.46. The minimum absolute atomic E-state index is 0.0779. The van der Waals surface area contributed by atoms with Crippen LogP contribution in [0.4, 0.5) is 5.69 Å². The van der Waals surface area contributed by atoms with Gasteiger partial charge >= 0.3 is 0 Å². The van der Waals surface area contributed by atoms with Crippen LogP contribution in [0.1, 0.15) is 11.1 Å². The lowest BCUT2D eigenvalue weighted by molar-refractivity contribution is 0.124. The highest BCUT2D eigenvalue weighted by Crippen LogP contribution is 2.14. The lowest BCUT2D eigenvalue weighted by atomic mass is 10.2. The van der Waals surface area contributed by atoms with Gasteiger partial charge < -0.3 is 14.7 Å². The summed E-state index contributed by atoms with van der Waals surface area (Å²) in [7, 11) is 1.99. The van der Waals surface area contributed by atoms with Crippen molar-refractivity contribution in [2.24, 2.45) is 0 Å². The molecule has 0 radical (unpaired) electrons. The molecule has 0 aromatic heterocycles. The molecule has 0 aliphatic carbocycles. The van der Waals surface area contributed by atoms with Crippen molar-refractivity contribution in [2.75, 3.05) is 18.7 Å². The minimum atomic E-state index is 0.0779. The molecule has 2 rings (SSSR count). The number of rotatable bonds is 6. The second kappa shape index (κ2) is 6.92. The summed E-state index contributed by atoms with van der Waals surface area (Å²) in [4.78, 5) is 2.03. The third kappa shape index (κ3) is 4.09. The molecule has 0 unspecified atom stereocenters. The molecule has 0 amide bonds. The van der Waals surface area contributed by atoms with Crippen molar-refractivity contribution in [1.82, 2.24) is 0 Å². The zero-order chi connectivity index (χ0) is 13.5. The molecule has 3 heteroatoms. The third-order valence-electron chi connectivity index (χ3n) is 2.96. The van der Waals surface area contributed by atoms with Crippen LogP contribution < -0.4 is 4.90 Å². The Morgan fingerprint density at radius 3 is 2.26 bits per heavy atom. The summed E-state index contributed by atoms with van der Waals surface area (Å²) in [6.45, 7) is 1.22. The van der Waals surface area contributed by atoms with Gasteiger partial charge in [0.1, 0.15) is 6.73 Å². The standard InChI is InChI=1S/C16H19NO2/c1-17(16-9-7-14(11-18)8-10-16)13-19-12-15-5-3-2-4-6-15/h2-10,18H,11-13H2,1H3. The predicted octanol–water partition coefficient (Wildman–Crippen LogP) is 2.79. The van der Waals surface area contributed by atoms with Crippen LogP contribution in [-0.2, 0) is 18.0 Å². The van der Waals surface area contributed by atoms with Crippen LogP contribution in [0.2, 0.25) is 0 Å². The Kier molecular flexibility index (Phi) is 4.95. The van der Waals surface area contributed by atoms with E-state index >= 15 is 0 Å². The van der Waals surface area contributed by atoms with Crippen molar-refractivity contribution in [3.8, 4) is 0 Å². The summed E-state index contributed by atoms with van der Waals surface area (Å²) < 4.78 is 5.67. The fraction of sp³-hybridized carbons (Fsp3) is 0.250. The average molecular weight is 257 g/mol. The van der Waals surface area contributed by atoms with Crippen LogP contribution in [-0.4, -0.2) is 18.9 Å². The zero-order valence-corrected chi connectivity index (χ0v) is 11.1. The Balaban J connectivity index is 1.82. The quantitative estimate of drug-likeness (QED) is 0.808. The molecule has 0 saturated heterocycles. The number of nitrogens with zero attached hydrogens (tertiary/aromatic N) is 1. The lowest BCUT2D eigenvalue weighted by Crippen LogP contribution is -2.20. The van der Waals surface area contributed by atoms with Crippen molar-refractivity contribution >= 4 is 5.69 Å². The molecule has 0 aliphatic rings. The minimum Gasteiger partial charge on any atom is -0.392 e. The Morgan fingerprint density at radius 2 is 1.63 bits per heavy atom. The number of hydrogen-bond donors (Lipinski definition) is 1. The topological polar surface area (TPSA) is 32.7 Å². The molecule has 0 aliphatic heterocycles. The van der Waals surface area contributed by atoms with Crippen molar-refractivity contribution in [3.05, 3.63) is 65.7 Å². The zero-order valence-electron chi connectivity index (χ0n) is 11.1. The summed E-state index contributed by atoms with van der Waals surface area (Å²) in [6, 6.07) is 17.9. The predicted molar refractivity (Wildman–Crippen MR) is 76.9 cm³/mol. The van der Waals surface area contributed by atoms with Gasteiger partial charge in [-0.1, -0.05) is 42.5 Å². The Hall–Kier alpha value is -1.84. The van der Waals surface area contributed by atoms with E-state index in [4.69, 9.17) is 9.84 Å². The molecule has 0 heterocycles. The number of anilines is 1. The van der Waals surface area contributed by atoms with Crippen LogP contribution in [0.15, 0.2) is 54.6 Å². The SMILES string of the molecule is CN(COCc1ccccc1)c1ccc(CO)cc1. The molecule has 19 heavy (non-hydrogen) atoms. The van der Waals surface area contributed by atoms with Gasteiger partial charge in [-0.05, 0) is 23.3 Å². The number of ether oxygens (including phenoxy) is 1. The van der Waals surface area contributed by atoms with Gasteiger partial charge in [0, 0.05) is 12.7 Å². The molecule has 2 aromatic carbocycles. The normalized spacial score (nSPS) is 10.4. The monoisotopic (exact) mass is 257 g/mol. The molecular weight excluding hydrogens is 238 g/mol. The summed E-state index contributed by atoms with van der Waals surface area (Å²) >= 11 is 0. The second-order valence-corrected chi connectivity index (χ2v) is 4.49. The summed E-state index contributed by atoms with van der Waals surface area (Å²) in [5.74, 6) is 0. The van der Waals surface area contributed by atoms with Crippen molar-refractivity contribution in [3.63, 3.8) is 0 Å². The maximum absolute atomic E-state index is 9.00. The molecule has 0 saturated carbocycles. The first-order chi connectivity index (χ1) is 9.29. The summed E-state index contributed by atoms with van der Waals surface area (Å²) in [5, 5.41) is 9.00. The molecule has 3 nitrogen and oxygen atoms in total. The van der Waals surface area contributed by atoms with Gasteiger partial charge in [-0.2, -0.15) is 0 Å². The van der Waals surface area contributed by atoms with E-state index in [0.717, 1.165) is 11.3 Å². The third-order valence-corrected chi connectivity index (χ3v) is 2.96. The Labute approximate surface area is 114 Å². The number of hydrogen-bond acceptors (Lipinski definition) is 3. The highest BCUT2D eigenvalue weighted by Gasteiger charge is 2.01. The number of aliphatic hydroxyl groups is 1. The van der Waals surface area contributed by atoms with Crippen LogP contribution >= 0.6 is 0 Å². The molecule has 2 aromatic rings. The first-order valence-electron chi connectivity index (χ1n) is 6.32. The fourth-order valence-electron chi connectivity index (χ4n) is 1.81. The van der Waals surface area contributed by atoms with E-state index in [1.54, 1.807) is 0 Å². The van der Waals surface area contributed by atoms with Crippen molar-refractivity contribution < 1.29 is 9.84 Å². The second-order valence-electron chi connectivity index (χ2n) is 4.49. The average Bonchev–Trinajstić information content (AvgIpc) is 2.48. The van der Waals surface area contributed by atoms with E-state index in [1.807, 2.05) is 54.4 Å². The highest BCUT2D eigenvalue weighted by atomic mass is 16.5. The maximum atomic E-state index is 9.00. The fourth-order valence-corrected chi connectivity index (χ4v) is 1.81. The molecule has 0 bridgehead atoms. The van der Waals surface area contributed by atoms with Gasteiger partial charge in [-0.25, -0.2) is 0 Å². The Bertz CT molecular complexity index is 482. The summed E-state index contributed by atoms with van der Waals surface area (Å²) in [5.41, 5.74) is 3.17. The van der Waals surface area contributed by atoms with Gasteiger partial charge in [0.05, 0.1) is 13.2 Å². The smallest absolute Gasteiger partial charge is 0.119 e. The van der Waals surface area contributed by atoms with Gasteiger partial charge in [0.25, 0.3) is 0 Å². The lowest BCUT2D eigenvalue weighted by Gasteiger charge is -2.19. The van der Waals surface area contributed by atoms with Crippen LogP contribution in [0.3, 0.4) is 0 Å². The van der Waals surface area contributed by atoms with Crippen LogP contribution in [0, 0.1) is 0 Å². The number of benzene rings is 2. The molecule has 0 atom stereocenters. The molecule has 0 spiro atoms. The first kappa shape index (κ1) is 13.6. The van der Waals surface area contributed by atoms with E-state index in [-0.39, 0.29) is 6.61 Å². The Morgan fingerprint density at radius 1 is 0.947 bits per heavy atom. The van der Waals surface area contributed by atoms with E-state index in [0.29, 0.717) is 13.3 Å². The van der Waals surface area contributed by atoms with Gasteiger partial charge in [-0.3, -0.25) is 0 Å². The molecular formula is C16H19NO2. The summed E-state index contributed by atoms with van der Waals surface area (Å²) in [6.07, 6.45) is 0. The van der Waals surface area contributed by atoms with Gasteiger partial charge in [0.2, 0.25) is 0 Å². The van der Waals surface area contributed by atoms with Gasteiger partial charge in [0.15, 0.2) is 0 Å². The van der Waals surface area contributed by atoms with Crippen LogP contribution in [0.25, 0.3) is 0 Å². The largest absolute Gasteiger partial charge is 0.392 e. The van der Waals surface area contributed by atoms with E-state index in [9.17, 15) is 0 Å². The van der Waals surface area contributed by atoms with Crippen molar-refractivity contribution in [1.29, 1.82) is 0 Å². The molecule has 100 valence electrons. The number of aliphatic hydroxyl groups excluding tert-OH is 1. The maximum Gasteiger partial charge on any atom is 0.119 e. The van der Waals surface area contributed by atoms with Crippen LogP contribution in [0.5, 0.6) is 0 Å². The first-order valence-corrected chi connectivity index (χ1v) is 6.32. The van der Waals surface area contributed by atoms with E-state index in [1.165, 1.54) is 5.56 Å².